The van der Waals surface area contributed by atoms with Gasteiger partial charge < -0.3 is 14.9 Å². The van der Waals surface area contributed by atoms with Gasteiger partial charge in [-0.2, -0.15) is 0 Å². The molecule has 18 heavy (non-hydrogen) atoms. The zero-order valence-corrected chi connectivity index (χ0v) is 10.3. The third-order valence-electron chi connectivity index (χ3n) is 2.36. The first kappa shape index (κ1) is 14.8. The Morgan fingerprint density at radius 1 is 1.50 bits per heavy atom. The molecule has 100 valence electrons. The number of hydrogen-bond acceptors (Lipinski definition) is 5. The highest BCUT2D eigenvalue weighted by Crippen LogP contribution is 2.23. The summed E-state index contributed by atoms with van der Waals surface area (Å²) in [5.74, 6) is 0.234. The summed E-state index contributed by atoms with van der Waals surface area (Å²) in [6.07, 6.45) is -2.00. The van der Waals surface area contributed by atoms with Crippen LogP contribution >= 0.6 is 11.6 Å². The van der Waals surface area contributed by atoms with Crippen molar-refractivity contribution in [3.05, 3.63) is 39.9 Å². The third-order valence-corrected chi connectivity index (χ3v) is 2.52. The van der Waals surface area contributed by atoms with E-state index >= 15 is 0 Å². The Morgan fingerprint density at radius 3 is 2.78 bits per heavy atom. The van der Waals surface area contributed by atoms with Gasteiger partial charge in [0.05, 0.1) is 18.1 Å². The quantitative estimate of drug-likeness (QED) is 0.444. The number of nitrogens with zero attached hydrogens (tertiary/aromatic N) is 1. The highest BCUT2D eigenvalue weighted by molar-refractivity contribution is 6.17. The Labute approximate surface area is 109 Å². The molecular weight excluding hydrogens is 262 g/mol. The van der Waals surface area contributed by atoms with E-state index < -0.39 is 23.7 Å². The molecular formula is C11H14ClNO5. The summed E-state index contributed by atoms with van der Waals surface area (Å²) >= 11 is 5.44. The largest absolute Gasteiger partial charge is 0.394 e. The second-order valence-corrected chi connectivity index (χ2v) is 3.96. The van der Waals surface area contributed by atoms with Crippen LogP contribution in [0.4, 0.5) is 5.69 Å². The number of non-ortho nitro benzene ring substituents is 1. The van der Waals surface area contributed by atoms with E-state index in [-0.39, 0.29) is 18.2 Å². The molecule has 0 amide bonds. The molecule has 0 fully saturated rings. The number of rotatable bonds is 7. The molecule has 0 saturated carbocycles. The van der Waals surface area contributed by atoms with E-state index in [4.69, 9.17) is 21.4 Å². The third kappa shape index (κ3) is 3.92. The minimum Gasteiger partial charge on any atom is -0.394 e. The topological polar surface area (TPSA) is 92.8 Å². The van der Waals surface area contributed by atoms with Gasteiger partial charge in [-0.05, 0) is 5.56 Å². The van der Waals surface area contributed by atoms with Crippen LogP contribution in [0.1, 0.15) is 11.7 Å². The first-order valence-corrected chi connectivity index (χ1v) is 5.84. The number of alkyl halides is 1. The molecule has 0 heterocycles. The predicted molar refractivity (Wildman–Crippen MR) is 65.6 cm³/mol. The summed E-state index contributed by atoms with van der Waals surface area (Å²) in [5.41, 5.74) is 0.193. The fourth-order valence-electron chi connectivity index (χ4n) is 1.48. The van der Waals surface area contributed by atoms with Crippen LogP contribution in [0.25, 0.3) is 0 Å². The van der Waals surface area contributed by atoms with Gasteiger partial charge in [0, 0.05) is 18.0 Å². The minimum atomic E-state index is -1.14. The summed E-state index contributed by atoms with van der Waals surface area (Å²) < 4.78 is 5.16. The molecule has 0 unspecified atom stereocenters. The number of nitro groups is 1. The van der Waals surface area contributed by atoms with Gasteiger partial charge in [-0.1, -0.05) is 12.1 Å². The van der Waals surface area contributed by atoms with Crippen LogP contribution in [-0.4, -0.2) is 40.3 Å². The Kier molecular flexibility index (Phi) is 6.00. The van der Waals surface area contributed by atoms with Gasteiger partial charge >= 0.3 is 0 Å². The minimum absolute atomic E-state index is 0.124. The van der Waals surface area contributed by atoms with Gasteiger partial charge in [-0.25, -0.2) is 0 Å². The highest BCUT2D eigenvalue weighted by atomic mass is 35.5. The maximum atomic E-state index is 10.6. The van der Waals surface area contributed by atoms with Crippen LogP contribution in [0.15, 0.2) is 24.3 Å². The number of aliphatic hydroxyl groups is 2. The standard InChI is InChI=1S/C11H14ClNO5/c12-4-5-18-10(7-14)11(15)8-2-1-3-9(6-8)13(16)17/h1-3,6,10-11,14-15H,4-5,7H2/t10-,11+/m1/s1. The van der Waals surface area contributed by atoms with Gasteiger partial charge in [-0.15, -0.1) is 11.6 Å². The lowest BCUT2D eigenvalue weighted by molar-refractivity contribution is -0.385. The Bertz CT molecular complexity index is 401. The zero-order valence-electron chi connectivity index (χ0n) is 9.53. The molecule has 6 nitrogen and oxygen atoms in total. The van der Waals surface area contributed by atoms with Crippen LogP contribution in [0.2, 0.25) is 0 Å². The highest BCUT2D eigenvalue weighted by Gasteiger charge is 2.22. The van der Waals surface area contributed by atoms with Crippen molar-refractivity contribution in [2.24, 2.45) is 0 Å². The van der Waals surface area contributed by atoms with Crippen LogP contribution in [0, 0.1) is 10.1 Å². The van der Waals surface area contributed by atoms with Gasteiger partial charge in [0.1, 0.15) is 12.2 Å². The first-order valence-electron chi connectivity index (χ1n) is 5.31. The smallest absolute Gasteiger partial charge is 0.269 e. The lowest BCUT2D eigenvalue weighted by Crippen LogP contribution is -2.27. The summed E-state index contributed by atoms with van der Waals surface area (Å²) in [6, 6.07) is 5.57. The van der Waals surface area contributed by atoms with E-state index in [1.54, 1.807) is 0 Å². The van der Waals surface area contributed by atoms with Crippen LogP contribution in [0.5, 0.6) is 0 Å². The molecule has 0 radical (unpaired) electrons. The van der Waals surface area contributed by atoms with Crippen LogP contribution in [-0.2, 0) is 4.74 Å². The Hall–Kier alpha value is -1.21. The van der Waals surface area contributed by atoms with Crippen molar-refractivity contribution in [2.75, 3.05) is 19.1 Å². The average Bonchev–Trinajstić information content (AvgIpc) is 2.39. The summed E-state index contributed by atoms with van der Waals surface area (Å²) in [7, 11) is 0. The number of ether oxygens (including phenoxy) is 1. The zero-order chi connectivity index (χ0) is 13.5. The van der Waals surface area contributed by atoms with Crippen molar-refractivity contribution in [3.8, 4) is 0 Å². The van der Waals surface area contributed by atoms with E-state index in [0.717, 1.165) is 0 Å². The summed E-state index contributed by atoms with van der Waals surface area (Å²) in [6.45, 7) is -0.223. The molecule has 0 aromatic heterocycles. The number of nitro benzene ring substituents is 1. The van der Waals surface area contributed by atoms with E-state index in [2.05, 4.69) is 0 Å². The second kappa shape index (κ2) is 7.27. The normalized spacial score (nSPS) is 14.2. The molecule has 1 aromatic rings. The van der Waals surface area contributed by atoms with Crippen molar-refractivity contribution < 1.29 is 19.9 Å². The Balaban J connectivity index is 2.83. The molecule has 2 atom stereocenters. The molecule has 7 heteroatoms. The fraction of sp³-hybridized carbons (Fsp3) is 0.455. The SMILES string of the molecule is O=[N+]([O-])c1cccc([C@H](O)[C@@H](CO)OCCCl)c1. The second-order valence-electron chi connectivity index (χ2n) is 3.58. The molecule has 0 aliphatic carbocycles. The molecule has 0 saturated heterocycles. The van der Waals surface area contributed by atoms with Crippen molar-refractivity contribution in [1.82, 2.24) is 0 Å². The number of hydrogen-bond donors (Lipinski definition) is 2. The number of aliphatic hydroxyl groups excluding tert-OH is 2. The van der Waals surface area contributed by atoms with Crippen LogP contribution < -0.4 is 0 Å². The monoisotopic (exact) mass is 275 g/mol. The van der Waals surface area contributed by atoms with Crippen LogP contribution in [0.3, 0.4) is 0 Å². The number of benzene rings is 1. The van der Waals surface area contributed by atoms with Crippen molar-refractivity contribution in [2.45, 2.75) is 12.2 Å². The molecule has 0 aliphatic rings. The van der Waals surface area contributed by atoms with Crippen molar-refractivity contribution in [3.63, 3.8) is 0 Å². The predicted octanol–water partition coefficient (Wildman–Crippen LogP) is 1.24. The summed E-state index contributed by atoms with van der Waals surface area (Å²) in [4.78, 5) is 10.1. The first-order chi connectivity index (χ1) is 8.60. The van der Waals surface area contributed by atoms with E-state index in [1.807, 2.05) is 0 Å². The molecule has 0 aliphatic heterocycles. The summed E-state index contributed by atoms with van der Waals surface area (Å²) in [5, 5.41) is 29.7. The Morgan fingerprint density at radius 2 is 2.22 bits per heavy atom. The maximum Gasteiger partial charge on any atom is 0.269 e. The number of halogens is 1. The van der Waals surface area contributed by atoms with Gasteiger partial charge in [0.2, 0.25) is 0 Å². The molecule has 2 N–H and O–H groups in total. The molecule has 1 aromatic carbocycles. The van der Waals surface area contributed by atoms with E-state index in [1.165, 1.54) is 24.3 Å². The maximum absolute atomic E-state index is 10.6. The lowest BCUT2D eigenvalue weighted by atomic mass is 10.0. The van der Waals surface area contributed by atoms with Crippen molar-refractivity contribution in [1.29, 1.82) is 0 Å². The fourth-order valence-corrected chi connectivity index (χ4v) is 1.57. The molecule has 0 bridgehead atoms. The lowest BCUT2D eigenvalue weighted by Gasteiger charge is -2.21. The van der Waals surface area contributed by atoms with Gasteiger partial charge in [-0.3, -0.25) is 10.1 Å². The average molecular weight is 276 g/mol. The molecule has 0 spiro atoms. The molecule has 1 rings (SSSR count). The van der Waals surface area contributed by atoms with Crippen molar-refractivity contribution >= 4 is 17.3 Å². The van der Waals surface area contributed by atoms with E-state index in [0.29, 0.717) is 5.56 Å². The van der Waals surface area contributed by atoms with Gasteiger partial charge in [0.15, 0.2) is 0 Å². The van der Waals surface area contributed by atoms with Gasteiger partial charge in [0.25, 0.3) is 5.69 Å². The van der Waals surface area contributed by atoms with E-state index in [9.17, 15) is 15.2 Å².